The molecule has 0 radical (unpaired) electrons. The van der Waals surface area contributed by atoms with Crippen molar-refractivity contribution in [2.75, 3.05) is 30.3 Å². The van der Waals surface area contributed by atoms with Gasteiger partial charge in [0.05, 0.1) is 17.5 Å². The zero-order chi connectivity index (χ0) is 25.6. The maximum absolute atomic E-state index is 13.1. The molecule has 1 aromatic carbocycles. The van der Waals surface area contributed by atoms with Crippen molar-refractivity contribution in [2.45, 2.75) is 37.0 Å². The second kappa shape index (κ2) is 9.31. The third-order valence-corrected chi connectivity index (χ3v) is 8.83. The minimum atomic E-state index is -3.53. The monoisotopic (exact) mass is 519 g/mol. The van der Waals surface area contributed by atoms with E-state index in [9.17, 15) is 13.2 Å². The Balaban J connectivity index is 1.35. The van der Waals surface area contributed by atoms with Crippen molar-refractivity contribution in [3.8, 4) is 0 Å². The predicted molar refractivity (Wildman–Crippen MR) is 142 cm³/mol. The zero-order valence-corrected chi connectivity index (χ0v) is 21.2. The lowest BCUT2D eigenvalue weighted by Gasteiger charge is -2.16. The Morgan fingerprint density at radius 1 is 1.19 bits per heavy atom. The highest BCUT2D eigenvalue weighted by molar-refractivity contribution is 7.89. The van der Waals surface area contributed by atoms with Gasteiger partial charge in [0.2, 0.25) is 15.9 Å². The molecule has 2 aliphatic heterocycles. The van der Waals surface area contributed by atoms with Crippen molar-refractivity contribution in [2.24, 2.45) is 5.92 Å². The summed E-state index contributed by atoms with van der Waals surface area (Å²) in [5, 5.41) is 14.0. The molecule has 3 fully saturated rings. The molecule has 37 heavy (non-hydrogen) atoms. The molecule has 0 bridgehead atoms. The van der Waals surface area contributed by atoms with Gasteiger partial charge in [-0.05, 0) is 61.4 Å². The molecule has 1 aliphatic carbocycles. The second-order valence-electron chi connectivity index (χ2n) is 9.82. The molecule has 11 heteroatoms. The fourth-order valence-corrected chi connectivity index (χ4v) is 6.26. The van der Waals surface area contributed by atoms with E-state index in [1.54, 1.807) is 33.2 Å². The number of sulfonamides is 1. The van der Waals surface area contributed by atoms with Crippen LogP contribution in [-0.4, -0.2) is 52.9 Å². The van der Waals surface area contributed by atoms with Crippen LogP contribution in [-0.2, 0) is 14.8 Å². The van der Waals surface area contributed by atoms with Gasteiger partial charge >= 0.3 is 0 Å². The molecule has 4 heterocycles. The lowest BCUT2D eigenvalue weighted by molar-refractivity contribution is -0.118. The first-order valence-corrected chi connectivity index (χ1v) is 14.0. The maximum Gasteiger partial charge on any atom is 0.243 e. The van der Waals surface area contributed by atoms with Crippen molar-refractivity contribution < 1.29 is 13.2 Å². The van der Waals surface area contributed by atoms with Crippen LogP contribution in [0.4, 0.5) is 17.3 Å². The van der Waals surface area contributed by atoms with E-state index in [0.29, 0.717) is 41.9 Å². The van der Waals surface area contributed by atoms with Gasteiger partial charge in [0.1, 0.15) is 11.6 Å². The number of benzene rings is 1. The van der Waals surface area contributed by atoms with E-state index in [1.807, 2.05) is 18.2 Å². The highest BCUT2D eigenvalue weighted by Crippen LogP contribution is 2.31. The molecule has 10 nitrogen and oxygen atoms in total. The third-order valence-electron chi connectivity index (χ3n) is 6.94. The Morgan fingerprint density at radius 3 is 2.73 bits per heavy atom. The van der Waals surface area contributed by atoms with Crippen LogP contribution >= 0.6 is 0 Å². The van der Waals surface area contributed by atoms with E-state index >= 15 is 0 Å². The van der Waals surface area contributed by atoms with E-state index in [1.165, 1.54) is 12.8 Å². The minimum Gasteiger partial charge on any atom is -0.370 e. The fraction of sp³-hybridized carbons (Fsp3) is 0.346. The summed E-state index contributed by atoms with van der Waals surface area (Å²) in [4.78, 5) is 16.9. The number of carbonyl (C=O) groups excluding carboxylic acids is 1. The number of fused-ring (bicyclic) bond motifs is 1. The molecular formula is C26H29N7O3S. The van der Waals surface area contributed by atoms with Crippen LogP contribution in [0.3, 0.4) is 0 Å². The molecule has 3 aliphatic rings. The van der Waals surface area contributed by atoms with E-state index in [2.05, 4.69) is 27.6 Å². The van der Waals surface area contributed by atoms with E-state index < -0.39 is 10.0 Å². The van der Waals surface area contributed by atoms with Gasteiger partial charge in [-0.3, -0.25) is 4.79 Å². The lowest BCUT2D eigenvalue weighted by atomic mass is 10.1. The summed E-state index contributed by atoms with van der Waals surface area (Å²) in [7, 11) is -3.53. The minimum absolute atomic E-state index is 0.0846. The summed E-state index contributed by atoms with van der Waals surface area (Å²) in [5.41, 5.74) is 3.39. The van der Waals surface area contributed by atoms with Gasteiger partial charge in [-0.25, -0.2) is 13.4 Å². The van der Waals surface area contributed by atoms with Gasteiger partial charge in [-0.1, -0.05) is 12.6 Å². The van der Waals surface area contributed by atoms with Crippen LogP contribution in [0.15, 0.2) is 59.3 Å². The highest BCUT2D eigenvalue weighted by atomic mass is 32.2. The number of hydrogen-bond donors (Lipinski definition) is 3. The Hall–Kier alpha value is -3.70. The number of allylic oxidation sites excluding steroid dienone is 1. The summed E-state index contributed by atoms with van der Waals surface area (Å²) in [5.74, 6) is 1.91. The quantitative estimate of drug-likeness (QED) is 0.417. The first-order valence-electron chi connectivity index (χ1n) is 12.6. The summed E-state index contributed by atoms with van der Waals surface area (Å²) >= 11 is 0. The Kier molecular flexibility index (Phi) is 5.96. The number of carbonyl (C=O) groups is 1. The Morgan fingerprint density at radius 2 is 2.00 bits per heavy atom. The molecule has 0 spiro atoms. The molecule has 192 valence electrons. The third kappa shape index (κ3) is 4.84. The standard InChI is InChI=1S/C26H29N7O3S/c1-17-19(12-25(34)29-17)11-20-16-28-33-24(27-15-18-7-8-18)14-23(31-26(20)33)30-21-5-4-6-22(13-21)37(35,36)32-9-2-3-10-32/h4-6,11,13-14,16,18,27H,1-3,7-10,12,15H2,(H,29,34)(H,30,31)/b19-11+. The van der Waals surface area contributed by atoms with Gasteiger partial charge in [-0.2, -0.15) is 13.9 Å². The summed E-state index contributed by atoms with van der Waals surface area (Å²) in [6, 6.07) is 8.71. The molecule has 0 atom stereocenters. The smallest absolute Gasteiger partial charge is 0.243 e. The Labute approximate surface area is 215 Å². The van der Waals surface area contributed by atoms with Crippen LogP contribution in [0.2, 0.25) is 0 Å². The number of aromatic nitrogens is 3. The maximum atomic E-state index is 13.1. The van der Waals surface area contributed by atoms with Crippen LogP contribution < -0.4 is 16.0 Å². The highest BCUT2D eigenvalue weighted by Gasteiger charge is 2.27. The Bertz CT molecular complexity index is 1530. The lowest BCUT2D eigenvalue weighted by Crippen LogP contribution is -2.27. The average Bonchev–Trinajstić information content (AvgIpc) is 3.22. The molecule has 1 amide bonds. The average molecular weight is 520 g/mol. The predicted octanol–water partition coefficient (Wildman–Crippen LogP) is 3.50. The summed E-state index contributed by atoms with van der Waals surface area (Å²) in [6.45, 7) is 5.88. The first kappa shape index (κ1) is 23.7. The first-order chi connectivity index (χ1) is 17.9. The second-order valence-corrected chi connectivity index (χ2v) is 11.8. The SMILES string of the molecule is C=C1NC(=O)C/C1=C\c1cnn2c(NCC3CC3)cc(Nc3cccc(S(=O)(=O)N4CCCC4)c3)nc12. The van der Waals surface area contributed by atoms with Crippen molar-refractivity contribution in [1.82, 2.24) is 24.2 Å². The molecule has 3 aromatic rings. The molecule has 1 saturated carbocycles. The number of nitrogens with one attached hydrogen (secondary N) is 3. The molecule has 6 rings (SSSR count). The molecule has 2 saturated heterocycles. The number of rotatable bonds is 8. The van der Waals surface area contributed by atoms with Crippen molar-refractivity contribution in [3.05, 3.63) is 59.9 Å². The number of anilines is 3. The topological polar surface area (TPSA) is 121 Å². The molecule has 3 N–H and O–H groups in total. The van der Waals surface area contributed by atoms with E-state index in [-0.39, 0.29) is 17.2 Å². The molecular weight excluding hydrogens is 490 g/mol. The van der Waals surface area contributed by atoms with Crippen molar-refractivity contribution in [3.63, 3.8) is 0 Å². The van der Waals surface area contributed by atoms with Crippen LogP contribution in [0, 0.1) is 5.92 Å². The summed E-state index contributed by atoms with van der Waals surface area (Å²) in [6.07, 6.45) is 8.07. The largest absolute Gasteiger partial charge is 0.370 e. The normalized spacial score (nSPS) is 19.6. The fourth-order valence-electron chi connectivity index (χ4n) is 4.70. The van der Waals surface area contributed by atoms with Gasteiger partial charge < -0.3 is 16.0 Å². The molecule has 2 aromatic heterocycles. The van der Waals surface area contributed by atoms with E-state index in [0.717, 1.165) is 36.3 Å². The number of hydrogen-bond acceptors (Lipinski definition) is 7. The van der Waals surface area contributed by atoms with Crippen LogP contribution in [0.5, 0.6) is 0 Å². The number of amides is 1. The van der Waals surface area contributed by atoms with Crippen molar-refractivity contribution in [1.29, 1.82) is 0 Å². The summed E-state index contributed by atoms with van der Waals surface area (Å²) < 4.78 is 29.4. The van der Waals surface area contributed by atoms with Gasteiger partial charge in [-0.15, -0.1) is 0 Å². The van der Waals surface area contributed by atoms with Crippen LogP contribution in [0.25, 0.3) is 11.7 Å². The van der Waals surface area contributed by atoms with Gasteiger partial charge in [0, 0.05) is 42.6 Å². The van der Waals surface area contributed by atoms with E-state index in [4.69, 9.17) is 4.98 Å². The van der Waals surface area contributed by atoms with Crippen molar-refractivity contribution >= 4 is 45.0 Å². The van der Waals surface area contributed by atoms with Gasteiger partial charge in [0.15, 0.2) is 5.65 Å². The van der Waals surface area contributed by atoms with Crippen LogP contribution in [0.1, 0.15) is 37.7 Å². The zero-order valence-electron chi connectivity index (χ0n) is 20.4. The molecule has 0 unspecified atom stereocenters. The van der Waals surface area contributed by atoms with Gasteiger partial charge in [0.25, 0.3) is 0 Å². The number of nitrogens with zero attached hydrogens (tertiary/aromatic N) is 4.